The number of amides is 1. The van der Waals surface area contributed by atoms with Gasteiger partial charge in [0.15, 0.2) is 5.75 Å². The van der Waals surface area contributed by atoms with Crippen LogP contribution in [0.1, 0.15) is 35.0 Å². The monoisotopic (exact) mass is 451 g/mol. The van der Waals surface area contributed by atoms with Crippen LogP contribution in [-0.4, -0.2) is 36.2 Å². The van der Waals surface area contributed by atoms with Crippen molar-refractivity contribution in [3.8, 4) is 5.75 Å². The number of furan rings is 1. The highest BCUT2D eigenvalue weighted by atomic mass is 19.4. The average molecular weight is 451 g/mol. The van der Waals surface area contributed by atoms with Crippen molar-refractivity contribution in [2.45, 2.75) is 25.1 Å². The van der Waals surface area contributed by atoms with E-state index in [9.17, 15) is 32.7 Å². The summed E-state index contributed by atoms with van der Waals surface area (Å²) in [5.74, 6) is -0.765. The molecule has 32 heavy (non-hydrogen) atoms. The molecule has 1 heterocycles. The summed E-state index contributed by atoms with van der Waals surface area (Å²) in [5.41, 5.74) is -2.35. The lowest BCUT2D eigenvalue weighted by atomic mass is 10.1. The van der Waals surface area contributed by atoms with Crippen molar-refractivity contribution in [3.63, 3.8) is 0 Å². The molecule has 0 aliphatic rings. The van der Waals surface area contributed by atoms with Gasteiger partial charge in [-0.05, 0) is 30.7 Å². The van der Waals surface area contributed by atoms with Crippen LogP contribution in [-0.2, 0) is 0 Å². The normalized spacial score (nSPS) is 12.5. The van der Waals surface area contributed by atoms with Crippen molar-refractivity contribution in [3.05, 3.63) is 68.4 Å². The van der Waals surface area contributed by atoms with Gasteiger partial charge in [0.25, 0.3) is 16.8 Å². The topological polar surface area (TPSA) is 112 Å². The van der Waals surface area contributed by atoms with Crippen LogP contribution in [0.3, 0.4) is 0 Å². The van der Waals surface area contributed by atoms with E-state index < -0.39 is 47.6 Å². The quantitative estimate of drug-likeness (QED) is 0.355. The van der Waals surface area contributed by atoms with Crippen molar-refractivity contribution in [1.82, 2.24) is 4.90 Å². The Bertz CT molecular complexity index is 1180. The van der Waals surface area contributed by atoms with E-state index in [2.05, 4.69) is 10.6 Å². The van der Waals surface area contributed by atoms with E-state index in [1.54, 1.807) is 0 Å². The second-order valence-electron chi connectivity index (χ2n) is 7.30. The molecule has 3 N–H and O–H groups in total. The third-order valence-corrected chi connectivity index (χ3v) is 4.76. The highest BCUT2D eigenvalue weighted by Gasteiger charge is 2.32. The summed E-state index contributed by atoms with van der Waals surface area (Å²) in [6.07, 6.45) is -4.72. The van der Waals surface area contributed by atoms with Crippen LogP contribution >= 0.6 is 0 Å². The summed E-state index contributed by atoms with van der Waals surface area (Å²) in [5, 5.41) is 15.7. The van der Waals surface area contributed by atoms with Gasteiger partial charge in [-0.2, -0.15) is 13.2 Å². The van der Waals surface area contributed by atoms with Crippen LogP contribution < -0.4 is 21.5 Å². The van der Waals surface area contributed by atoms with Gasteiger partial charge in [-0.3, -0.25) is 14.4 Å². The fraction of sp³-hybridized carbons (Fsp3) is 0.286. The third-order valence-electron chi connectivity index (χ3n) is 4.76. The fourth-order valence-corrected chi connectivity index (χ4v) is 3.10. The van der Waals surface area contributed by atoms with Crippen LogP contribution in [0.2, 0.25) is 0 Å². The Morgan fingerprint density at radius 3 is 2.41 bits per heavy atom. The number of para-hydroxylation sites is 1. The number of halogens is 3. The molecule has 0 saturated heterocycles. The SMILES string of the molecule is CN(C)C(=O)c1cccc(Nc2c(N[C@H](CCC(F)(F)F)c3ccco3)c(=O)c2=O)c1O. The number of alkyl halides is 3. The van der Waals surface area contributed by atoms with Crippen molar-refractivity contribution in [1.29, 1.82) is 0 Å². The molecule has 8 nitrogen and oxygen atoms in total. The van der Waals surface area contributed by atoms with Gasteiger partial charge in [-0.25, -0.2) is 0 Å². The van der Waals surface area contributed by atoms with Crippen molar-refractivity contribution < 1.29 is 27.5 Å². The largest absolute Gasteiger partial charge is 0.505 e. The van der Waals surface area contributed by atoms with E-state index in [0.29, 0.717) is 0 Å². The number of anilines is 3. The van der Waals surface area contributed by atoms with Gasteiger partial charge in [-0.1, -0.05) is 6.07 Å². The van der Waals surface area contributed by atoms with Crippen LogP contribution in [0, 0.1) is 0 Å². The molecule has 3 aromatic rings. The second kappa shape index (κ2) is 8.77. The first-order valence-electron chi connectivity index (χ1n) is 9.50. The van der Waals surface area contributed by atoms with Gasteiger partial charge >= 0.3 is 6.18 Å². The molecule has 0 radical (unpaired) electrons. The van der Waals surface area contributed by atoms with E-state index in [1.165, 1.54) is 55.6 Å². The number of hydrogen-bond donors (Lipinski definition) is 3. The zero-order valence-corrected chi connectivity index (χ0v) is 17.1. The second-order valence-corrected chi connectivity index (χ2v) is 7.30. The number of phenols is 1. The first-order chi connectivity index (χ1) is 15.0. The minimum atomic E-state index is -4.42. The standard InChI is InChI=1S/C21H20F3N3O5/c1-27(2)20(31)11-5-3-6-13(17(11)28)26-16-15(18(29)19(16)30)25-12(8-9-21(22,23)24)14-7-4-10-32-14/h3-7,10,12,25-26,28H,8-9H2,1-2H3/t12-/m1/s1. The maximum atomic E-state index is 12.7. The molecule has 0 aliphatic heterocycles. The first-order valence-corrected chi connectivity index (χ1v) is 9.50. The number of aromatic hydroxyl groups is 1. The van der Waals surface area contributed by atoms with E-state index in [4.69, 9.17) is 4.42 Å². The number of benzene rings is 1. The molecule has 0 aliphatic carbocycles. The number of rotatable bonds is 8. The predicted molar refractivity (Wildman–Crippen MR) is 111 cm³/mol. The summed E-state index contributed by atoms with van der Waals surface area (Å²) >= 11 is 0. The van der Waals surface area contributed by atoms with Gasteiger partial charge in [0.1, 0.15) is 17.1 Å². The molecular weight excluding hydrogens is 431 g/mol. The van der Waals surface area contributed by atoms with E-state index in [1.807, 2.05) is 0 Å². The Kier molecular flexibility index (Phi) is 6.28. The Balaban J connectivity index is 1.89. The molecular formula is C21H20F3N3O5. The molecule has 2 aromatic carbocycles. The Morgan fingerprint density at radius 2 is 1.81 bits per heavy atom. The molecule has 1 atom stereocenters. The number of nitrogens with one attached hydrogen (secondary N) is 2. The first kappa shape index (κ1) is 22.9. The maximum absolute atomic E-state index is 12.7. The number of nitrogens with zero attached hydrogens (tertiary/aromatic N) is 1. The van der Waals surface area contributed by atoms with Crippen LogP contribution in [0.5, 0.6) is 5.75 Å². The zero-order valence-electron chi connectivity index (χ0n) is 17.1. The van der Waals surface area contributed by atoms with Crippen molar-refractivity contribution in [2.75, 3.05) is 24.7 Å². The molecule has 0 unspecified atom stereocenters. The lowest BCUT2D eigenvalue weighted by Crippen LogP contribution is -2.37. The van der Waals surface area contributed by atoms with Gasteiger partial charge in [0, 0.05) is 20.5 Å². The highest BCUT2D eigenvalue weighted by molar-refractivity contribution is 5.99. The van der Waals surface area contributed by atoms with Gasteiger partial charge in [0.2, 0.25) is 0 Å². The molecule has 0 bridgehead atoms. The number of carbonyl (C=O) groups is 1. The zero-order chi connectivity index (χ0) is 23.6. The van der Waals surface area contributed by atoms with E-state index in [0.717, 1.165) is 0 Å². The Labute approximate surface area is 180 Å². The molecule has 1 amide bonds. The van der Waals surface area contributed by atoms with Crippen molar-refractivity contribution >= 4 is 23.0 Å². The summed E-state index contributed by atoms with van der Waals surface area (Å²) in [6.45, 7) is 0. The lowest BCUT2D eigenvalue weighted by molar-refractivity contribution is -0.136. The maximum Gasteiger partial charge on any atom is 0.389 e. The lowest BCUT2D eigenvalue weighted by Gasteiger charge is -2.22. The van der Waals surface area contributed by atoms with Crippen LogP contribution in [0.4, 0.5) is 30.2 Å². The smallest absolute Gasteiger partial charge is 0.389 e. The highest BCUT2D eigenvalue weighted by Crippen LogP contribution is 2.34. The van der Waals surface area contributed by atoms with E-state index >= 15 is 0 Å². The minimum absolute atomic E-state index is 0.0160. The van der Waals surface area contributed by atoms with Crippen LogP contribution in [0.25, 0.3) is 0 Å². The number of phenolic OH excluding ortho intramolecular Hbond substituents is 1. The van der Waals surface area contributed by atoms with Crippen molar-refractivity contribution in [2.24, 2.45) is 0 Å². The summed E-state index contributed by atoms with van der Waals surface area (Å²) in [6, 6.07) is 6.15. The molecule has 1 aromatic heterocycles. The van der Waals surface area contributed by atoms with Gasteiger partial charge < -0.3 is 25.1 Å². The minimum Gasteiger partial charge on any atom is -0.505 e. The summed E-state index contributed by atoms with van der Waals surface area (Å²) in [7, 11) is 2.99. The van der Waals surface area contributed by atoms with Gasteiger partial charge in [0.05, 0.1) is 23.6 Å². The molecule has 170 valence electrons. The van der Waals surface area contributed by atoms with Crippen LogP contribution in [0.15, 0.2) is 50.6 Å². The number of carbonyl (C=O) groups excluding carboxylic acids is 1. The molecule has 0 saturated carbocycles. The molecule has 0 fully saturated rings. The molecule has 3 rings (SSSR count). The molecule has 11 heteroatoms. The Hall–Kier alpha value is -3.76. The number of hydrogen-bond acceptors (Lipinski definition) is 7. The Morgan fingerprint density at radius 1 is 1.12 bits per heavy atom. The third kappa shape index (κ3) is 4.76. The average Bonchev–Trinajstić information content (AvgIpc) is 3.26. The van der Waals surface area contributed by atoms with E-state index in [-0.39, 0.29) is 28.4 Å². The predicted octanol–water partition coefficient (Wildman–Crippen LogP) is 3.52. The fourth-order valence-electron chi connectivity index (χ4n) is 3.10. The summed E-state index contributed by atoms with van der Waals surface area (Å²) in [4.78, 5) is 37.7. The summed E-state index contributed by atoms with van der Waals surface area (Å²) < 4.78 is 43.4. The molecule has 0 spiro atoms. The van der Waals surface area contributed by atoms with Gasteiger partial charge in [-0.15, -0.1) is 0 Å².